The van der Waals surface area contributed by atoms with Crippen LogP contribution < -0.4 is 41.3 Å². The van der Waals surface area contributed by atoms with Gasteiger partial charge in [-0.15, -0.1) is 44.2 Å². The van der Waals surface area contributed by atoms with Crippen LogP contribution in [0.2, 0.25) is 0 Å². The molecular formula is C34H32FeN4O4+2. The molecule has 0 saturated heterocycles. The van der Waals surface area contributed by atoms with Gasteiger partial charge in [-0.2, -0.15) is 0 Å². The Morgan fingerprint density at radius 1 is 0.605 bits per heavy atom. The molecule has 1 aliphatic heterocycles. The van der Waals surface area contributed by atoms with E-state index in [1.54, 1.807) is 12.2 Å². The summed E-state index contributed by atoms with van der Waals surface area (Å²) in [5.41, 5.74) is 9.84. The fourth-order valence-corrected chi connectivity index (χ4v) is 5.61. The number of hydrogen-bond donors (Lipinski definition) is 2. The molecule has 0 aliphatic carbocycles. The number of aliphatic carboxylic acids is 2. The number of carbonyl (C=O) groups is 2. The molecule has 218 valence electrons. The van der Waals surface area contributed by atoms with E-state index in [1.807, 2.05) is 52.0 Å². The van der Waals surface area contributed by atoms with E-state index in [2.05, 4.69) is 13.2 Å². The van der Waals surface area contributed by atoms with Crippen molar-refractivity contribution in [3.8, 4) is 0 Å². The maximum Gasteiger partial charge on any atom is 6.00 e. The number of fused-ring (bicyclic) bond motifs is 8. The molecule has 4 aromatic rings. The number of aromatic nitrogens is 4. The standard InChI is InChI=1S/C34H32N4O4.Fe/c1-7-21-17(3)25-13-26-19(5)23(9-11-33(39)40)31(37-26)16-32-24(10-12-34(41)42)20(6)28(38-32)15-30-22(8-2)18(4)27(36-30)14-29(21)35-25;/h7-8,13-16H,1-2,9-12H2,3-6H3,(H,39,40)(H,41,42);/q-4;+6/b25-13-,26-13?,27-14?,28-15-,29-14-,30-15?,31-16?,32-16-;. The van der Waals surface area contributed by atoms with Crippen LogP contribution in [0.5, 0.6) is 0 Å². The maximum atomic E-state index is 11.5. The van der Waals surface area contributed by atoms with Gasteiger partial charge in [-0.25, -0.2) is 0 Å². The Morgan fingerprint density at radius 2 is 1.09 bits per heavy atom. The van der Waals surface area contributed by atoms with E-state index in [0.29, 0.717) is 40.6 Å². The van der Waals surface area contributed by atoms with Crippen LogP contribution >= 0.6 is 0 Å². The van der Waals surface area contributed by atoms with Crippen molar-refractivity contribution in [2.75, 3.05) is 0 Å². The van der Waals surface area contributed by atoms with Crippen molar-refractivity contribution in [1.29, 1.82) is 0 Å². The van der Waals surface area contributed by atoms with E-state index < -0.39 is 11.9 Å². The van der Waals surface area contributed by atoms with Gasteiger partial charge >= 0.3 is 29.0 Å². The van der Waals surface area contributed by atoms with E-state index in [9.17, 15) is 19.8 Å². The first kappa shape index (κ1) is 31.5. The molecule has 0 saturated carbocycles. The molecule has 0 spiro atoms. The second kappa shape index (κ2) is 12.4. The molecule has 2 N–H and O–H groups in total. The zero-order valence-corrected chi connectivity index (χ0v) is 25.7. The van der Waals surface area contributed by atoms with Crippen LogP contribution in [0.4, 0.5) is 0 Å². The molecule has 5 rings (SSSR count). The van der Waals surface area contributed by atoms with E-state index in [-0.39, 0.29) is 29.9 Å². The van der Waals surface area contributed by atoms with E-state index in [1.165, 1.54) is 0 Å². The number of carboxylic acids is 2. The van der Waals surface area contributed by atoms with Crippen molar-refractivity contribution in [3.05, 3.63) is 102 Å². The van der Waals surface area contributed by atoms with Gasteiger partial charge in [0.1, 0.15) is 0 Å². The van der Waals surface area contributed by atoms with Crippen LogP contribution in [0, 0.1) is 27.7 Å². The van der Waals surface area contributed by atoms with Gasteiger partial charge in [-0.3, -0.25) is 9.59 Å². The zero-order valence-electron chi connectivity index (χ0n) is 24.6. The Kier molecular flexibility index (Phi) is 9.09. The summed E-state index contributed by atoms with van der Waals surface area (Å²) in [4.78, 5) is 42.7. The SMILES string of the molecule is C=Cc1c2[n-]c(c1C)/C=c1\[n-]/c(c(C)c1C=C)=C\c1[n-]c(c(CCC(=O)O)c1C)/C=c1\[n-]/c(c(C)c1CCC(=O)O)=C\2.[Fe+6]. The number of hydrogen-bond acceptors (Lipinski definition) is 2. The monoisotopic (exact) mass is 616 g/mol. The second-order valence-corrected chi connectivity index (χ2v) is 10.6. The molecule has 1 aliphatic rings. The molecule has 0 fully saturated rings. The van der Waals surface area contributed by atoms with Crippen molar-refractivity contribution in [2.45, 2.75) is 53.4 Å². The molecular weight excluding hydrogens is 584 g/mol. The smallest absolute Gasteiger partial charge is 0.657 e. The topological polar surface area (TPSA) is 131 Å². The minimum atomic E-state index is -0.898. The summed E-state index contributed by atoms with van der Waals surface area (Å²) in [5.74, 6) is -1.80. The molecule has 43 heavy (non-hydrogen) atoms. The Bertz CT molecular complexity index is 2030. The molecule has 8 nitrogen and oxygen atoms in total. The van der Waals surface area contributed by atoms with Crippen LogP contribution in [0.1, 0.15) is 80.1 Å². The van der Waals surface area contributed by atoms with Crippen molar-refractivity contribution in [3.63, 3.8) is 0 Å². The van der Waals surface area contributed by atoms with Gasteiger partial charge in [0.05, 0.1) is 0 Å². The summed E-state index contributed by atoms with van der Waals surface area (Å²) in [7, 11) is 0. The third-order valence-corrected chi connectivity index (χ3v) is 8.06. The Hall–Kier alpha value is -4.46. The maximum absolute atomic E-state index is 11.5. The van der Waals surface area contributed by atoms with Gasteiger partial charge < -0.3 is 30.1 Å². The molecule has 8 bridgehead atoms. The van der Waals surface area contributed by atoms with Crippen LogP contribution in [0.3, 0.4) is 0 Å². The molecule has 0 atom stereocenters. The first-order chi connectivity index (χ1) is 20.0. The quantitative estimate of drug-likeness (QED) is 0.252. The van der Waals surface area contributed by atoms with Crippen LogP contribution in [-0.4, -0.2) is 22.2 Å². The normalized spacial score (nSPS) is 15.0. The Balaban J connectivity index is 0.00000423. The van der Waals surface area contributed by atoms with E-state index >= 15 is 0 Å². The number of nitrogens with zero attached hydrogens (tertiary/aromatic N) is 4. The van der Waals surface area contributed by atoms with Gasteiger partial charge in [-0.1, -0.05) is 83.0 Å². The van der Waals surface area contributed by atoms with Crippen LogP contribution in [0.15, 0.2) is 13.2 Å². The predicted octanol–water partition coefficient (Wildman–Crippen LogP) is 1.70. The summed E-state index contributed by atoms with van der Waals surface area (Å²) in [5, 5.41) is 21.7. The summed E-state index contributed by atoms with van der Waals surface area (Å²) >= 11 is 0. The first-order valence-corrected chi connectivity index (χ1v) is 13.8. The fraction of sp³-hybridized carbons (Fsp3) is 0.235. The average Bonchev–Trinajstić information content (AvgIpc) is 3.59. The first-order valence-electron chi connectivity index (χ1n) is 13.8. The van der Waals surface area contributed by atoms with Gasteiger partial charge in [0.25, 0.3) is 0 Å². The summed E-state index contributed by atoms with van der Waals surface area (Å²) < 4.78 is 0. The van der Waals surface area contributed by atoms with Crippen molar-refractivity contribution < 1.29 is 36.9 Å². The third kappa shape index (κ3) is 5.91. The second-order valence-electron chi connectivity index (χ2n) is 10.6. The molecule has 5 heterocycles. The molecule has 0 radical (unpaired) electrons. The minimum Gasteiger partial charge on any atom is -0.657 e. The van der Waals surface area contributed by atoms with Gasteiger partial charge in [0.2, 0.25) is 0 Å². The predicted molar refractivity (Wildman–Crippen MR) is 163 cm³/mol. The van der Waals surface area contributed by atoms with Crippen LogP contribution in [0.25, 0.3) is 36.5 Å². The zero-order chi connectivity index (χ0) is 30.3. The van der Waals surface area contributed by atoms with Crippen molar-refractivity contribution in [1.82, 2.24) is 19.9 Å². The fourth-order valence-electron chi connectivity index (χ4n) is 5.61. The van der Waals surface area contributed by atoms with Gasteiger partial charge in [-0.05, 0) is 51.7 Å². The number of carboxylic acid groups (broad SMARTS) is 2. The largest absolute Gasteiger partial charge is 6.00 e. The molecule has 0 aromatic carbocycles. The van der Waals surface area contributed by atoms with Crippen LogP contribution in [-0.2, 0) is 39.5 Å². The Morgan fingerprint density at radius 3 is 1.72 bits per heavy atom. The molecule has 4 aromatic heterocycles. The Labute approximate surface area is 259 Å². The van der Waals surface area contributed by atoms with E-state index in [0.717, 1.165) is 60.9 Å². The van der Waals surface area contributed by atoms with Crippen molar-refractivity contribution >= 4 is 48.4 Å². The number of rotatable bonds is 8. The van der Waals surface area contributed by atoms with E-state index in [4.69, 9.17) is 19.9 Å². The molecule has 9 heteroatoms. The summed E-state index contributed by atoms with van der Waals surface area (Å²) in [6, 6.07) is 0. The minimum absolute atomic E-state index is 0. The average molecular weight is 616 g/mol. The summed E-state index contributed by atoms with van der Waals surface area (Å²) in [6.07, 6.45) is 11.7. The summed E-state index contributed by atoms with van der Waals surface area (Å²) in [6.45, 7) is 15.9. The molecule has 0 unspecified atom stereocenters. The van der Waals surface area contributed by atoms with Gasteiger partial charge in [0.15, 0.2) is 0 Å². The third-order valence-electron chi connectivity index (χ3n) is 8.06. The van der Waals surface area contributed by atoms with Gasteiger partial charge in [0, 0.05) is 12.8 Å². The molecule has 0 amide bonds. The van der Waals surface area contributed by atoms with Crippen molar-refractivity contribution in [2.24, 2.45) is 0 Å².